The summed E-state index contributed by atoms with van der Waals surface area (Å²) in [5.74, 6) is 0.726. The Morgan fingerprint density at radius 2 is 2.50 bits per heavy atom. The van der Waals surface area contributed by atoms with Crippen LogP contribution in [-0.2, 0) is 24.2 Å². The third-order valence-corrected chi connectivity index (χ3v) is 3.34. The van der Waals surface area contributed by atoms with Gasteiger partial charge in [0.2, 0.25) is 0 Å². The minimum atomic E-state index is -0.725. The second-order valence-corrected chi connectivity index (χ2v) is 4.63. The van der Waals surface area contributed by atoms with Crippen LogP contribution in [0.3, 0.4) is 0 Å². The van der Waals surface area contributed by atoms with E-state index in [4.69, 9.17) is 9.52 Å². The number of hydrogen-bond acceptors (Lipinski definition) is 3. The predicted octanol–water partition coefficient (Wildman–Crippen LogP) is 1.71. The van der Waals surface area contributed by atoms with Crippen LogP contribution >= 0.6 is 0 Å². The van der Waals surface area contributed by atoms with Crippen molar-refractivity contribution < 1.29 is 14.3 Å². The van der Waals surface area contributed by atoms with E-state index in [1.807, 2.05) is 18.3 Å². The van der Waals surface area contributed by atoms with E-state index in [2.05, 4.69) is 9.55 Å². The van der Waals surface area contributed by atoms with E-state index in [0.717, 1.165) is 23.8 Å². The molecule has 94 valence electrons. The molecule has 1 atom stereocenters. The number of aromatic nitrogens is 2. The first-order valence-electron chi connectivity index (χ1n) is 6.02. The van der Waals surface area contributed by atoms with Crippen molar-refractivity contribution in [2.75, 3.05) is 0 Å². The summed E-state index contributed by atoms with van der Waals surface area (Å²) in [6.07, 6.45) is 5.50. The van der Waals surface area contributed by atoms with Crippen LogP contribution in [0.4, 0.5) is 0 Å². The number of fused-ring (bicyclic) bond motifs is 1. The number of carboxylic acids is 1. The summed E-state index contributed by atoms with van der Waals surface area (Å²) < 4.78 is 7.34. The first-order valence-corrected chi connectivity index (χ1v) is 6.02. The summed E-state index contributed by atoms with van der Waals surface area (Å²) in [6.45, 7) is 0.734. The zero-order chi connectivity index (χ0) is 12.5. The van der Waals surface area contributed by atoms with Gasteiger partial charge in [-0.25, -0.2) is 4.98 Å². The SMILES string of the molecule is O=C(O)C1CCn2cc(Cc3ccco3)nc2C1. The lowest BCUT2D eigenvalue weighted by molar-refractivity contribution is -0.142. The molecule has 0 fully saturated rings. The summed E-state index contributed by atoms with van der Waals surface area (Å²) in [6, 6.07) is 3.77. The zero-order valence-electron chi connectivity index (χ0n) is 9.87. The van der Waals surface area contributed by atoms with Crippen molar-refractivity contribution in [1.29, 1.82) is 0 Å². The van der Waals surface area contributed by atoms with Crippen molar-refractivity contribution in [3.63, 3.8) is 0 Å². The predicted molar refractivity (Wildman–Crippen MR) is 63.2 cm³/mol. The van der Waals surface area contributed by atoms with Crippen molar-refractivity contribution in [2.45, 2.75) is 25.8 Å². The highest BCUT2D eigenvalue weighted by Gasteiger charge is 2.25. The molecule has 1 aliphatic heterocycles. The number of aliphatic carboxylic acids is 1. The van der Waals surface area contributed by atoms with Gasteiger partial charge in [0.15, 0.2) is 0 Å². The van der Waals surface area contributed by atoms with Crippen LogP contribution in [0.15, 0.2) is 29.0 Å². The lowest BCUT2D eigenvalue weighted by Gasteiger charge is -2.19. The van der Waals surface area contributed by atoms with Gasteiger partial charge in [-0.3, -0.25) is 4.79 Å². The maximum Gasteiger partial charge on any atom is 0.307 e. The van der Waals surface area contributed by atoms with E-state index < -0.39 is 5.97 Å². The fourth-order valence-corrected chi connectivity index (χ4v) is 2.37. The number of furan rings is 1. The molecule has 5 heteroatoms. The number of hydrogen-bond donors (Lipinski definition) is 1. The number of nitrogens with zero attached hydrogens (tertiary/aromatic N) is 2. The molecule has 0 amide bonds. The van der Waals surface area contributed by atoms with E-state index in [0.29, 0.717) is 19.3 Å². The largest absolute Gasteiger partial charge is 0.481 e. The maximum absolute atomic E-state index is 11.0. The Morgan fingerprint density at radius 1 is 1.61 bits per heavy atom. The quantitative estimate of drug-likeness (QED) is 0.895. The maximum atomic E-state index is 11.0. The third kappa shape index (κ3) is 2.03. The highest BCUT2D eigenvalue weighted by atomic mass is 16.4. The van der Waals surface area contributed by atoms with E-state index in [-0.39, 0.29) is 5.92 Å². The van der Waals surface area contributed by atoms with Crippen LogP contribution in [-0.4, -0.2) is 20.6 Å². The topological polar surface area (TPSA) is 68.3 Å². The van der Waals surface area contributed by atoms with Crippen LogP contribution in [0, 0.1) is 5.92 Å². The van der Waals surface area contributed by atoms with Gasteiger partial charge in [0, 0.05) is 25.6 Å². The summed E-state index contributed by atoms with van der Waals surface area (Å²) in [5.41, 5.74) is 0.936. The number of imidazole rings is 1. The summed E-state index contributed by atoms with van der Waals surface area (Å²) in [5, 5.41) is 9.03. The Kier molecular flexibility index (Phi) is 2.66. The number of aryl methyl sites for hydroxylation is 1. The van der Waals surface area contributed by atoms with E-state index in [1.165, 1.54) is 0 Å². The van der Waals surface area contributed by atoms with Gasteiger partial charge in [-0.2, -0.15) is 0 Å². The van der Waals surface area contributed by atoms with Gasteiger partial charge >= 0.3 is 5.97 Å². The van der Waals surface area contributed by atoms with Gasteiger partial charge in [0.25, 0.3) is 0 Å². The van der Waals surface area contributed by atoms with E-state index in [1.54, 1.807) is 6.26 Å². The van der Waals surface area contributed by atoms with Gasteiger partial charge < -0.3 is 14.1 Å². The molecule has 2 aromatic rings. The molecule has 1 N–H and O–H groups in total. The average molecular weight is 246 g/mol. The van der Waals surface area contributed by atoms with Gasteiger partial charge in [-0.15, -0.1) is 0 Å². The van der Waals surface area contributed by atoms with Gasteiger partial charge in [-0.1, -0.05) is 0 Å². The molecule has 5 nitrogen and oxygen atoms in total. The normalized spacial score (nSPS) is 18.6. The van der Waals surface area contributed by atoms with Crippen molar-refractivity contribution in [3.8, 4) is 0 Å². The van der Waals surface area contributed by atoms with Crippen LogP contribution in [0.5, 0.6) is 0 Å². The van der Waals surface area contributed by atoms with Crippen molar-refractivity contribution in [1.82, 2.24) is 9.55 Å². The molecular formula is C13H14N2O3. The van der Waals surface area contributed by atoms with Crippen molar-refractivity contribution in [2.24, 2.45) is 5.92 Å². The number of carboxylic acid groups (broad SMARTS) is 1. The molecule has 3 heterocycles. The fraction of sp³-hybridized carbons (Fsp3) is 0.385. The second-order valence-electron chi connectivity index (χ2n) is 4.63. The highest BCUT2D eigenvalue weighted by Crippen LogP contribution is 2.21. The van der Waals surface area contributed by atoms with Gasteiger partial charge in [0.1, 0.15) is 11.6 Å². The molecule has 3 rings (SSSR count). The third-order valence-electron chi connectivity index (χ3n) is 3.34. The smallest absolute Gasteiger partial charge is 0.307 e. The Balaban J connectivity index is 1.78. The zero-order valence-corrected chi connectivity index (χ0v) is 9.87. The molecule has 2 aromatic heterocycles. The molecule has 0 saturated heterocycles. The first kappa shape index (κ1) is 11.1. The highest BCUT2D eigenvalue weighted by molar-refractivity contribution is 5.70. The van der Waals surface area contributed by atoms with Crippen LogP contribution in [0.25, 0.3) is 0 Å². The molecule has 0 aromatic carbocycles. The number of carbonyl (C=O) groups is 1. The van der Waals surface area contributed by atoms with Gasteiger partial charge in [0.05, 0.1) is 17.9 Å². The van der Waals surface area contributed by atoms with Crippen LogP contribution in [0.1, 0.15) is 23.7 Å². The minimum absolute atomic E-state index is 0.295. The lowest BCUT2D eigenvalue weighted by atomic mass is 9.98. The number of rotatable bonds is 3. The Morgan fingerprint density at radius 3 is 3.22 bits per heavy atom. The van der Waals surface area contributed by atoms with E-state index >= 15 is 0 Å². The summed E-state index contributed by atoms with van der Waals surface area (Å²) in [4.78, 5) is 15.5. The Labute approximate surface area is 104 Å². The van der Waals surface area contributed by atoms with E-state index in [9.17, 15) is 4.79 Å². The molecule has 0 radical (unpaired) electrons. The molecule has 0 aliphatic carbocycles. The molecule has 0 saturated carbocycles. The van der Waals surface area contributed by atoms with Crippen LogP contribution < -0.4 is 0 Å². The summed E-state index contributed by atoms with van der Waals surface area (Å²) in [7, 11) is 0. The molecular weight excluding hydrogens is 232 g/mol. The Bertz CT molecular complexity index is 557. The molecule has 18 heavy (non-hydrogen) atoms. The molecule has 0 spiro atoms. The fourth-order valence-electron chi connectivity index (χ4n) is 2.37. The van der Waals surface area contributed by atoms with Crippen LogP contribution in [0.2, 0.25) is 0 Å². The van der Waals surface area contributed by atoms with Crippen molar-refractivity contribution in [3.05, 3.63) is 41.9 Å². The standard InChI is InChI=1S/C13H14N2O3/c16-13(17)9-3-4-15-8-10(14-12(15)6-9)7-11-2-1-5-18-11/h1-2,5,8-9H,3-4,6-7H2,(H,16,17). The second kappa shape index (κ2) is 4.33. The average Bonchev–Trinajstić information content (AvgIpc) is 2.96. The van der Waals surface area contributed by atoms with Crippen molar-refractivity contribution >= 4 is 5.97 Å². The lowest BCUT2D eigenvalue weighted by Crippen LogP contribution is -2.25. The monoisotopic (exact) mass is 246 g/mol. The minimum Gasteiger partial charge on any atom is -0.481 e. The molecule has 1 unspecified atom stereocenters. The molecule has 1 aliphatic rings. The molecule has 0 bridgehead atoms. The Hall–Kier alpha value is -2.04. The van der Waals surface area contributed by atoms with Gasteiger partial charge in [-0.05, 0) is 18.6 Å². The first-order chi connectivity index (χ1) is 8.72. The summed E-state index contributed by atoms with van der Waals surface area (Å²) >= 11 is 0.